The number of hydrogen-bond acceptors (Lipinski definition) is 3. The molecule has 25 heavy (non-hydrogen) atoms. The molecule has 0 radical (unpaired) electrons. The van der Waals surface area contributed by atoms with Crippen LogP contribution in [0.4, 0.5) is 5.69 Å². The molecule has 0 heterocycles. The topological polar surface area (TPSA) is 70.6 Å². The maximum Gasteiger partial charge on any atom is 0.271 e. The van der Waals surface area contributed by atoms with E-state index in [1.165, 1.54) is 0 Å². The SMILES string of the molecule is Cc1ccccc1C=NNC(=O)c1ccc(NC(=O)CC(C)C)cc1. The quantitative estimate of drug-likeness (QED) is 0.622. The molecule has 2 amide bonds. The van der Waals surface area contributed by atoms with Gasteiger partial charge in [0.1, 0.15) is 0 Å². The molecule has 0 bridgehead atoms. The van der Waals surface area contributed by atoms with Crippen LogP contribution in [-0.2, 0) is 4.79 Å². The van der Waals surface area contributed by atoms with Crippen molar-refractivity contribution in [2.45, 2.75) is 27.2 Å². The zero-order valence-corrected chi connectivity index (χ0v) is 14.7. The molecular weight excluding hydrogens is 314 g/mol. The maximum atomic E-state index is 12.1. The van der Waals surface area contributed by atoms with Crippen LogP contribution >= 0.6 is 0 Å². The number of hydrogen-bond donors (Lipinski definition) is 2. The van der Waals surface area contributed by atoms with Crippen LogP contribution in [0.3, 0.4) is 0 Å². The Morgan fingerprint density at radius 1 is 1.08 bits per heavy atom. The Morgan fingerprint density at radius 3 is 2.40 bits per heavy atom. The Kier molecular flexibility index (Phi) is 6.46. The van der Waals surface area contributed by atoms with Gasteiger partial charge in [0.05, 0.1) is 6.21 Å². The first-order chi connectivity index (χ1) is 12.0. The minimum absolute atomic E-state index is 0.0324. The second kappa shape index (κ2) is 8.78. The number of carbonyl (C=O) groups excluding carboxylic acids is 2. The van der Waals surface area contributed by atoms with E-state index >= 15 is 0 Å². The number of nitrogens with one attached hydrogen (secondary N) is 2. The average Bonchev–Trinajstić information content (AvgIpc) is 2.56. The molecule has 0 spiro atoms. The Bertz CT molecular complexity index is 765. The second-order valence-corrected chi connectivity index (χ2v) is 6.28. The summed E-state index contributed by atoms with van der Waals surface area (Å²) in [5.41, 5.74) is 5.69. The van der Waals surface area contributed by atoms with Crippen LogP contribution in [0.15, 0.2) is 53.6 Å². The minimum atomic E-state index is -0.301. The van der Waals surface area contributed by atoms with E-state index in [0.717, 1.165) is 11.1 Å². The number of hydrazone groups is 1. The van der Waals surface area contributed by atoms with Crippen molar-refractivity contribution in [2.24, 2.45) is 11.0 Å². The normalized spacial score (nSPS) is 10.9. The van der Waals surface area contributed by atoms with Crippen molar-refractivity contribution in [2.75, 3.05) is 5.32 Å². The summed E-state index contributed by atoms with van der Waals surface area (Å²) in [7, 11) is 0. The number of rotatable bonds is 6. The van der Waals surface area contributed by atoms with Gasteiger partial charge in [-0.2, -0.15) is 5.10 Å². The largest absolute Gasteiger partial charge is 0.326 e. The van der Waals surface area contributed by atoms with Crippen LogP contribution in [0.25, 0.3) is 0 Å². The number of anilines is 1. The van der Waals surface area contributed by atoms with Gasteiger partial charge in [-0.3, -0.25) is 9.59 Å². The molecule has 0 saturated heterocycles. The molecule has 0 saturated carbocycles. The Hall–Kier alpha value is -2.95. The van der Waals surface area contributed by atoms with Gasteiger partial charge >= 0.3 is 0 Å². The van der Waals surface area contributed by atoms with Gasteiger partial charge in [-0.25, -0.2) is 5.43 Å². The molecule has 5 heteroatoms. The molecule has 2 aromatic rings. The van der Waals surface area contributed by atoms with E-state index in [1.54, 1.807) is 30.5 Å². The molecule has 0 unspecified atom stereocenters. The van der Waals surface area contributed by atoms with Crippen LogP contribution in [0.2, 0.25) is 0 Å². The second-order valence-electron chi connectivity index (χ2n) is 6.28. The molecule has 130 valence electrons. The molecular formula is C20H23N3O2. The Labute approximate surface area is 148 Å². The van der Waals surface area contributed by atoms with E-state index in [0.29, 0.717) is 23.6 Å². The average molecular weight is 337 g/mol. The lowest BCUT2D eigenvalue weighted by Crippen LogP contribution is -2.18. The van der Waals surface area contributed by atoms with Crippen molar-refractivity contribution in [1.82, 2.24) is 5.43 Å². The van der Waals surface area contributed by atoms with Crippen LogP contribution in [0, 0.1) is 12.8 Å². The summed E-state index contributed by atoms with van der Waals surface area (Å²) < 4.78 is 0. The van der Waals surface area contributed by atoms with Crippen LogP contribution in [0.5, 0.6) is 0 Å². The molecule has 0 aromatic heterocycles. The summed E-state index contributed by atoms with van der Waals surface area (Å²) in [4.78, 5) is 23.8. The van der Waals surface area contributed by atoms with Gasteiger partial charge in [0.25, 0.3) is 5.91 Å². The van der Waals surface area contributed by atoms with Crippen LogP contribution in [-0.4, -0.2) is 18.0 Å². The zero-order chi connectivity index (χ0) is 18.2. The fraction of sp³-hybridized carbons (Fsp3) is 0.250. The summed E-state index contributed by atoms with van der Waals surface area (Å²) in [6.45, 7) is 5.96. The van der Waals surface area contributed by atoms with Crippen molar-refractivity contribution in [3.05, 3.63) is 65.2 Å². The molecule has 0 fully saturated rings. The predicted molar refractivity (Wildman–Crippen MR) is 101 cm³/mol. The monoisotopic (exact) mass is 337 g/mol. The number of aryl methyl sites for hydroxylation is 1. The summed E-state index contributed by atoms with van der Waals surface area (Å²) in [5, 5.41) is 6.80. The van der Waals surface area contributed by atoms with Crippen molar-refractivity contribution in [3.8, 4) is 0 Å². The highest BCUT2D eigenvalue weighted by Crippen LogP contribution is 2.11. The lowest BCUT2D eigenvalue weighted by atomic mass is 10.1. The van der Waals surface area contributed by atoms with Gasteiger partial charge in [-0.15, -0.1) is 0 Å². The van der Waals surface area contributed by atoms with Crippen molar-refractivity contribution in [1.29, 1.82) is 0 Å². The first-order valence-corrected chi connectivity index (χ1v) is 8.24. The van der Waals surface area contributed by atoms with E-state index in [9.17, 15) is 9.59 Å². The Balaban J connectivity index is 1.92. The summed E-state index contributed by atoms with van der Waals surface area (Å²) in [6, 6.07) is 14.5. The molecule has 0 aliphatic carbocycles. The minimum Gasteiger partial charge on any atom is -0.326 e. The lowest BCUT2D eigenvalue weighted by Gasteiger charge is -2.07. The smallest absolute Gasteiger partial charge is 0.271 e. The van der Waals surface area contributed by atoms with Gasteiger partial charge in [0, 0.05) is 17.7 Å². The fourth-order valence-corrected chi connectivity index (χ4v) is 2.24. The molecule has 0 aliphatic heterocycles. The van der Waals surface area contributed by atoms with Crippen molar-refractivity contribution in [3.63, 3.8) is 0 Å². The zero-order valence-electron chi connectivity index (χ0n) is 14.7. The molecule has 2 N–H and O–H groups in total. The first-order valence-electron chi connectivity index (χ1n) is 8.24. The summed E-state index contributed by atoms with van der Waals surface area (Å²) in [6.07, 6.45) is 2.09. The summed E-state index contributed by atoms with van der Waals surface area (Å²) in [5.74, 6) is -0.0314. The highest BCUT2D eigenvalue weighted by molar-refractivity contribution is 5.96. The molecule has 2 rings (SSSR count). The lowest BCUT2D eigenvalue weighted by molar-refractivity contribution is -0.116. The third-order valence-corrected chi connectivity index (χ3v) is 3.58. The van der Waals surface area contributed by atoms with Gasteiger partial charge in [0.15, 0.2) is 0 Å². The van der Waals surface area contributed by atoms with E-state index < -0.39 is 0 Å². The predicted octanol–water partition coefficient (Wildman–Crippen LogP) is 3.74. The first kappa shape index (κ1) is 18.4. The highest BCUT2D eigenvalue weighted by atomic mass is 16.2. The van der Waals surface area contributed by atoms with E-state index in [-0.39, 0.29) is 11.8 Å². The number of nitrogens with zero attached hydrogens (tertiary/aromatic N) is 1. The molecule has 5 nitrogen and oxygen atoms in total. The summed E-state index contributed by atoms with van der Waals surface area (Å²) >= 11 is 0. The standard InChI is InChI=1S/C20H23N3O2/c1-14(2)12-19(24)22-18-10-8-16(9-11-18)20(25)23-21-13-17-7-5-4-6-15(17)3/h4-11,13-14H,12H2,1-3H3,(H,22,24)(H,23,25). The van der Waals surface area contributed by atoms with E-state index in [2.05, 4.69) is 15.8 Å². The molecule has 0 atom stereocenters. The van der Waals surface area contributed by atoms with Gasteiger partial charge < -0.3 is 5.32 Å². The van der Waals surface area contributed by atoms with Crippen LogP contribution in [0.1, 0.15) is 41.8 Å². The third kappa shape index (κ3) is 5.88. The van der Waals surface area contributed by atoms with Gasteiger partial charge in [0.2, 0.25) is 5.91 Å². The Morgan fingerprint density at radius 2 is 1.76 bits per heavy atom. The number of amides is 2. The van der Waals surface area contributed by atoms with Crippen LogP contribution < -0.4 is 10.7 Å². The van der Waals surface area contributed by atoms with Crippen molar-refractivity contribution < 1.29 is 9.59 Å². The van der Waals surface area contributed by atoms with E-state index in [4.69, 9.17) is 0 Å². The maximum absolute atomic E-state index is 12.1. The van der Waals surface area contributed by atoms with E-state index in [1.807, 2.05) is 45.0 Å². The number of benzene rings is 2. The van der Waals surface area contributed by atoms with Crippen molar-refractivity contribution >= 4 is 23.7 Å². The van der Waals surface area contributed by atoms with Gasteiger partial charge in [-0.05, 0) is 48.2 Å². The third-order valence-electron chi connectivity index (χ3n) is 3.58. The molecule has 2 aromatic carbocycles. The highest BCUT2D eigenvalue weighted by Gasteiger charge is 2.07. The molecule has 0 aliphatic rings. The van der Waals surface area contributed by atoms with Gasteiger partial charge in [-0.1, -0.05) is 38.1 Å². The number of carbonyl (C=O) groups is 2. The fourth-order valence-electron chi connectivity index (χ4n) is 2.24.